The summed E-state index contributed by atoms with van der Waals surface area (Å²) >= 11 is 0. The first kappa shape index (κ1) is 11.1. The zero-order valence-electron chi connectivity index (χ0n) is 9.64. The van der Waals surface area contributed by atoms with Crippen molar-refractivity contribution in [2.24, 2.45) is 5.92 Å². The van der Waals surface area contributed by atoms with E-state index in [0.29, 0.717) is 13.2 Å². The lowest BCUT2D eigenvalue weighted by molar-refractivity contribution is -0.119. The number of rotatable bonds is 3. The summed E-state index contributed by atoms with van der Waals surface area (Å²) in [6, 6.07) is 2.05. The van der Waals surface area contributed by atoms with E-state index in [1.54, 1.807) is 10.9 Å². The number of hydrogen-bond donors (Lipinski definition) is 1. The van der Waals surface area contributed by atoms with Crippen molar-refractivity contribution in [2.75, 3.05) is 18.5 Å². The van der Waals surface area contributed by atoms with Gasteiger partial charge in [-0.1, -0.05) is 0 Å². The number of anilines is 1. The quantitative estimate of drug-likeness (QED) is 0.843. The molecular weight excluding hydrogens is 206 g/mol. The molecule has 1 aromatic heterocycles. The van der Waals surface area contributed by atoms with E-state index in [9.17, 15) is 4.79 Å². The number of carbonyl (C=O) groups is 1. The minimum atomic E-state index is -0.0180. The maximum Gasteiger partial charge on any atom is 0.231 e. The third kappa shape index (κ3) is 2.24. The van der Waals surface area contributed by atoms with E-state index in [1.165, 1.54) is 0 Å². The fraction of sp³-hybridized carbons (Fsp3) is 0.636. The summed E-state index contributed by atoms with van der Waals surface area (Å²) in [5.74, 6) is 0.766. The van der Waals surface area contributed by atoms with Gasteiger partial charge in [0.25, 0.3) is 0 Å². The monoisotopic (exact) mass is 223 g/mol. The van der Waals surface area contributed by atoms with Crippen molar-refractivity contribution in [3.63, 3.8) is 0 Å². The summed E-state index contributed by atoms with van der Waals surface area (Å²) < 4.78 is 6.99. The highest BCUT2D eigenvalue weighted by Gasteiger charge is 2.24. The van der Waals surface area contributed by atoms with Crippen molar-refractivity contribution in [2.45, 2.75) is 26.3 Å². The number of aromatic nitrogens is 2. The fourth-order valence-corrected chi connectivity index (χ4v) is 1.79. The van der Waals surface area contributed by atoms with Crippen LogP contribution in [0.5, 0.6) is 0 Å². The van der Waals surface area contributed by atoms with Crippen LogP contribution in [0.15, 0.2) is 12.3 Å². The predicted molar refractivity (Wildman–Crippen MR) is 60.2 cm³/mol. The van der Waals surface area contributed by atoms with Crippen LogP contribution in [0.2, 0.25) is 0 Å². The van der Waals surface area contributed by atoms with E-state index >= 15 is 0 Å². The van der Waals surface area contributed by atoms with Gasteiger partial charge in [0, 0.05) is 18.7 Å². The zero-order chi connectivity index (χ0) is 11.5. The second-order valence-electron chi connectivity index (χ2n) is 4.30. The fourth-order valence-electron chi connectivity index (χ4n) is 1.79. The van der Waals surface area contributed by atoms with Crippen LogP contribution in [0, 0.1) is 5.92 Å². The van der Waals surface area contributed by atoms with Crippen LogP contribution in [0.1, 0.15) is 26.3 Å². The third-order valence-corrected chi connectivity index (χ3v) is 2.71. The Bertz CT molecular complexity index is 367. The summed E-state index contributed by atoms with van der Waals surface area (Å²) in [7, 11) is 0. The topological polar surface area (TPSA) is 56.2 Å². The van der Waals surface area contributed by atoms with Crippen LogP contribution < -0.4 is 5.32 Å². The van der Waals surface area contributed by atoms with E-state index in [2.05, 4.69) is 10.4 Å². The van der Waals surface area contributed by atoms with Gasteiger partial charge in [-0.3, -0.25) is 4.79 Å². The molecule has 88 valence electrons. The smallest absolute Gasteiger partial charge is 0.231 e. The molecule has 0 aliphatic carbocycles. The molecule has 5 nitrogen and oxygen atoms in total. The lowest BCUT2D eigenvalue weighted by Crippen LogP contribution is -2.24. The van der Waals surface area contributed by atoms with Gasteiger partial charge in [-0.15, -0.1) is 0 Å². The zero-order valence-corrected chi connectivity index (χ0v) is 9.64. The van der Waals surface area contributed by atoms with Crippen molar-refractivity contribution < 1.29 is 9.53 Å². The Morgan fingerprint density at radius 3 is 3.12 bits per heavy atom. The Balaban J connectivity index is 2.02. The second-order valence-corrected chi connectivity index (χ2v) is 4.30. The molecule has 2 heterocycles. The largest absolute Gasteiger partial charge is 0.381 e. The van der Waals surface area contributed by atoms with E-state index < -0.39 is 0 Å². The number of amides is 1. The molecule has 1 unspecified atom stereocenters. The minimum absolute atomic E-state index is 0.0180. The highest BCUT2D eigenvalue weighted by atomic mass is 16.5. The lowest BCUT2D eigenvalue weighted by atomic mass is 10.1. The summed E-state index contributed by atoms with van der Waals surface area (Å²) in [5.41, 5.74) is 0. The molecule has 1 N–H and O–H groups in total. The highest BCUT2D eigenvalue weighted by Crippen LogP contribution is 2.17. The predicted octanol–water partition coefficient (Wildman–Crippen LogP) is 1.44. The number of nitrogens with one attached hydrogen (secondary N) is 1. The SMILES string of the molecule is CC(C)n1nccc1NC(=O)C1CCOC1. The first-order valence-corrected chi connectivity index (χ1v) is 5.60. The van der Waals surface area contributed by atoms with Gasteiger partial charge in [0.15, 0.2) is 0 Å². The molecule has 1 aliphatic rings. The maximum atomic E-state index is 11.9. The van der Waals surface area contributed by atoms with Gasteiger partial charge in [-0.2, -0.15) is 5.10 Å². The van der Waals surface area contributed by atoms with Crippen molar-refractivity contribution in [1.82, 2.24) is 9.78 Å². The van der Waals surface area contributed by atoms with Crippen LogP contribution in [0.25, 0.3) is 0 Å². The van der Waals surface area contributed by atoms with E-state index in [-0.39, 0.29) is 17.9 Å². The van der Waals surface area contributed by atoms with Gasteiger partial charge in [0.05, 0.1) is 18.7 Å². The Labute approximate surface area is 94.8 Å². The molecule has 5 heteroatoms. The van der Waals surface area contributed by atoms with Gasteiger partial charge in [0.1, 0.15) is 5.82 Å². The molecule has 0 radical (unpaired) electrons. The van der Waals surface area contributed by atoms with Crippen molar-refractivity contribution in [3.05, 3.63) is 12.3 Å². The third-order valence-electron chi connectivity index (χ3n) is 2.71. The minimum Gasteiger partial charge on any atom is -0.381 e. The summed E-state index contributed by atoms with van der Waals surface area (Å²) in [5, 5.41) is 7.06. The van der Waals surface area contributed by atoms with Crippen LogP contribution in [-0.4, -0.2) is 28.9 Å². The van der Waals surface area contributed by atoms with E-state index in [1.807, 2.05) is 19.9 Å². The first-order chi connectivity index (χ1) is 7.68. The Kier molecular flexibility index (Phi) is 3.24. The Morgan fingerprint density at radius 2 is 2.50 bits per heavy atom. The van der Waals surface area contributed by atoms with Gasteiger partial charge >= 0.3 is 0 Å². The van der Waals surface area contributed by atoms with Crippen LogP contribution in [0.4, 0.5) is 5.82 Å². The van der Waals surface area contributed by atoms with Gasteiger partial charge in [-0.05, 0) is 20.3 Å². The number of carbonyl (C=O) groups excluding carboxylic acids is 1. The molecule has 16 heavy (non-hydrogen) atoms. The van der Waals surface area contributed by atoms with Crippen LogP contribution >= 0.6 is 0 Å². The molecule has 1 saturated heterocycles. The second kappa shape index (κ2) is 4.65. The average Bonchev–Trinajstić information content (AvgIpc) is 2.86. The van der Waals surface area contributed by atoms with Gasteiger partial charge in [0.2, 0.25) is 5.91 Å². The van der Waals surface area contributed by atoms with Gasteiger partial charge in [-0.25, -0.2) is 4.68 Å². The normalized spacial score (nSPS) is 20.3. The average molecular weight is 223 g/mol. The first-order valence-electron chi connectivity index (χ1n) is 5.60. The van der Waals surface area contributed by atoms with Crippen molar-refractivity contribution >= 4 is 11.7 Å². The molecule has 2 rings (SSSR count). The highest BCUT2D eigenvalue weighted by molar-refractivity contribution is 5.92. The molecule has 1 fully saturated rings. The Hall–Kier alpha value is -1.36. The number of nitrogens with zero attached hydrogens (tertiary/aromatic N) is 2. The van der Waals surface area contributed by atoms with E-state index in [0.717, 1.165) is 12.2 Å². The standard InChI is InChI=1S/C11H17N3O2/c1-8(2)14-10(3-5-12-14)13-11(15)9-4-6-16-7-9/h3,5,8-9H,4,6-7H2,1-2H3,(H,13,15). The number of ether oxygens (including phenoxy) is 1. The molecule has 0 aromatic carbocycles. The van der Waals surface area contributed by atoms with Gasteiger partial charge < -0.3 is 10.1 Å². The molecular formula is C11H17N3O2. The molecule has 0 bridgehead atoms. The summed E-state index contributed by atoms with van der Waals surface area (Å²) in [6.07, 6.45) is 2.50. The van der Waals surface area contributed by atoms with Crippen molar-refractivity contribution in [1.29, 1.82) is 0 Å². The lowest BCUT2D eigenvalue weighted by Gasteiger charge is -2.13. The molecule has 0 saturated carbocycles. The molecule has 1 aliphatic heterocycles. The Morgan fingerprint density at radius 1 is 1.69 bits per heavy atom. The van der Waals surface area contributed by atoms with Crippen LogP contribution in [0.3, 0.4) is 0 Å². The molecule has 1 amide bonds. The number of hydrogen-bond acceptors (Lipinski definition) is 3. The van der Waals surface area contributed by atoms with E-state index in [4.69, 9.17) is 4.74 Å². The molecule has 0 spiro atoms. The summed E-state index contributed by atoms with van der Waals surface area (Å²) in [6.45, 7) is 5.27. The summed E-state index contributed by atoms with van der Waals surface area (Å²) in [4.78, 5) is 11.9. The molecule has 1 atom stereocenters. The maximum absolute atomic E-state index is 11.9. The van der Waals surface area contributed by atoms with Crippen molar-refractivity contribution in [3.8, 4) is 0 Å². The van der Waals surface area contributed by atoms with Crippen LogP contribution in [-0.2, 0) is 9.53 Å². The molecule has 1 aromatic rings.